The molecule has 0 heterocycles. The summed E-state index contributed by atoms with van der Waals surface area (Å²) in [5.41, 5.74) is 1.97. The van der Waals surface area contributed by atoms with Crippen molar-refractivity contribution in [3.05, 3.63) is 29.8 Å². The lowest BCUT2D eigenvalue weighted by Crippen LogP contribution is -2.31. The third-order valence-electron chi connectivity index (χ3n) is 2.43. The van der Waals surface area contributed by atoms with Gasteiger partial charge in [-0.15, -0.1) is 0 Å². The van der Waals surface area contributed by atoms with Crippen molar-refractivity contribution in [1.29, 1.82) is 0 Å². The third-order valence-corrected chi connectivity index (χ3v) is 2.43. The lowest BCUT2D eigenvalue weighted by molar-refractivity contribution is -0.115. The van der Waals surface area contributed by atoms with Crippen LogP contribution in [0, 0.1) is 12.8 Å². The highest BCUT2D eigenvalue weighted by Gasteiger charge is 2.03. The van der Waals surface area contributed by atoms with E-state index in [9.17, 15) is 4.79 Å². The number of aliphatic hydroxyl groups excluding tert-OH is 1. The molecule has 1 rings (SSSR count). The van der Waals surface area contributed by atoms with E-state index in [2.05, 4.69) is 10.6 Å². The molecular formula is C13H20N2O2. The molecule has 0 aliphatic carbocycles. The Hall–Kier alpha value is -1.39. The monoisotopic (exact) mass is 236 g/mol. The second-order valence-corrected chi connectivity index (χ2v) is 4.33. The number of rotatable bonds is 6. The van der Waals surface area contributed by atoms with Crippen LogP contribution in [-0.2, 0) is 4.79 Å². The number of carbonyl (C=O) groups excluding carboxylic acids is 1. The van der Waals surface area contributed by atoms with Crippen molar-refractivity contribution in [1.82, 2.24) is 5.32 Å². The van der Waals surface area contributed by atoms with Gasteiger partial charge in [0.15, 0.2) is 0 Å². The Morgan fingerprint density at radius 1 is 1.35 bits per heavy atom. The zero-order valence-corrected chi connectivity index (χ0v) is 10.4. The second kappa shape index (κ2) is 7.04. The van der Waals surface area contributed by atoms with Gasteiger partial charge in [-0.05, 0) is 25.0 Å². The van der Waals surface area contributed by atoms with Gasteiger partial charge >= 0.3 is 0 Å². The van der Waals surface area contributed by atoms with Gasteiger partial charge in [0, 0.05) is 18.8 Å². The van der Waals surface area contributed by atoms with Crippen LogP contribution in [-0.4, -0.2) is 30.7 Å². The molecule has 0 aliphatic rings. The molecule has 0 saturated heterocycles. The Morgan fingerprint density at radius 2 is 2.00 bits per heavy atom. The molecular weight excluding hydrogens is 216 g/mol. The summed E-state index contributed by atoms with van der Waals surface area (Å²) >= 11 is 0. The van der Waals surface area contributed by atoms with Crippen molar-refractivity contribution >= 4 is 11.6 Å². The maximum Gasteiger partial charge on any atom is 0.238 e. The van der Waals surface area contributed by atoms with Crippen LogP contribution >= 0.6 is 0 Å². The summed E-state index contributed by atoms with van der Waals surface area (Å²) < 4.78 is 0. The van der Waals surface area contributed by atoms with Crippen molar-refractivity contribution < 1.29 is 9.90 Å². The van der Waals surface area contributed by atoms with Crippen molar-refractivity contribution in [3.63, 3.8) is 0 Å². The largest absolute Gasteiger partial charge is 0.396 e. The Balaban J connectivity index is 2.27. The van der Waals surface area contributed by atoms with Gasteiger partial charge in [0.2, 0.25) is 5.91 Å². The zero-order valence-electron chi connectivity index (χ0n) is 10.4. The molecule has 4 heteroatoms. The minimum Gasteiger partial charge on any atom is -0.396 e. The van der Waals surface area contributed by atoms with E-state index in [1.165, 1.54) is 0 Å². The number of aryl methyl sites for hydroxylation is 1. The molecule has 1 amide bonds. The van der Waals surface area contributed by atoms with Crippen LogP contribution in [0.25, 0.3) is 0 Å². The lowest BCUT2D eigenvalue weighted by Gasteiger charge is -2.10. The molecule has 94 valence electrons. The molecule has 1 atom stereocenters. The number of amides is 1. The summed E-state index contributed by atoms with van der Waals surface area (Å²) in [7, 11) is 0. The van der Waals surface area contributed by atoms with Crippen LogP contribution in [0.15, 0.2) is 24.3 Å². The van der Waals surface area contributed by atoms with Crippen molar-refractivity contribution in [2.24, 2.45) is 5.92 Å². The van der Waals surface area contributed by atoms with Gasteiger partial charge < -0.3 is 15.7 Å². The first kappa shape index (κ1) is 13.7. The van der Waals surface area contributed by atoms with Crippen molar-refractivity contribution in [2.45, 2.75) is 13.8 Å². The molecule has 4 nitrogen and oxygen atoms in total. The number of hydrogen-bond donors (Lipinski definition) is 3. The number of benzene rings is 1. The Labute approximate surface area is 102 Å². The van der Waals surface area contributed by atoms with E-state index in [4.69, 9.17) is 5.11 Å². The molecule has 0 bridgehead atoms. The molecule has 1 unspecified atom stereocenters. The molecule has 1 aromatic rings. The molecule has 1 aromatic carbocycles. The van der Waals surface area contributed by atoms with Gasteiger partial charge in [-0.1, -0.05) is 24.6 Å². The highest BCUT2D eigenvalue weighted by Crippen LogP contribution is 2.07. The number of hydrogen-bond acceptors (Lipinski definition) is 3. The van der Waals surface area contributed by atoms with E-state index < -0.39 is 0 Å². The minimum absolute atomic E-state index is 0.0704. The van der Waals surface area contributed by atoms with E-state index in [1.807, 2.05) is 38.1 Å². The standard InChI is InChI=1S/C13H20N2O2/c1-10-3-5-12(6-4-10)15-13(17)8-14-7-11(2)9-16/h3-6,11,14,16H,7-9H2,1-2H3,(H,15,17). The molecule has 0 saturated carbocycles. The first-order chi connectivity index (χ1) is 8.11. The smallest absolute Gasteiger partial charge is 0.238 e. The summed E-state index contributed by atoms with van der Waals surface area (Å²) in [6.45, 7) is 4.96. The summed E-state index contributed by atoms with van der Waals surface area (Å²) in [6, 6.07) is 7.67. The van der Waals surface area contributed by atoms with Crippen LogP contribution in [0.3, 0.4) is 0 Å². The number of aliphatic hydroxyl groups is 1. The number of nitrogens with one attached hydrogen (secondary N) is 2. The molecule has 3 N–H and O–H groups in total. The van der Waals surface area contributed by atoms with E-state index in [1.54, 1.807) is 0 Å². The molecule has 0 aromatic heterocycles. The van der Waals surface area contributed by atoms with E-state index in [0.717, 1.165) is 11.3 Å². The first-order valence-corrected chi connectivity index (χ1v) is 5.80. The average molecular weight is 236 g/mol. The van der Waals surface area contributed by atoms with Gasteiger partial charge in [0.05, 0.1) is 6.54 Å². The van der Waals surface area contributed by atoms with Crippen LogP contribution in [0.5, 0.6) is 0 Å². The number of carbonyl (C=O) groups is 1. The highest BCUT2D eigenvalue weighted by molar-refractivity contribution is 5.92. The Bertz CT molecular complexity index is 349. The molecule has 0 aliphatic heterocycles. The first-order valence-electron chi connectivity index (χ1n) is 5.80. The van der Waals surface area contributed by atoms with Gasteiger partial charge in [-0.3, -0.25) is 4.79 Å². The maximum absolute atomic E-state index is 11.5. The molecule has 0 fully saturated rings. The average Bonchev–Trinajstić information content (AvgIpc) is 2.32. The predicted octanol–water partition coefficient (Wildman–Crippen LogP) is 1.15. The Kier molecular flexibility index (Phi) is 5.66. The zero-order chi connectivity index (χ0) is 12.7. The summed E-state index contributed by atoms with van der Waals surface area (Å²) in [5, 5.41) is 14.6. The van der Waals surface area contributed by atoms with E-state index in [-0.39, 0.29) is 25.0 Å². The maximum atomic E-state index is 11.5. The predicted molar refractivity (Wildman–Crippen MR) is 68.9 cm³/mol. The van der Waals surface area contributed by atoms with E-state index >= 15 is 0 Å². The lowest BCUT2D eigenvalue weighted by atomic mass is 10.2. The molecule has 0 radical (unpaired) electrons. The van der Waals surface area contributed by atoms with Crippen LogP contribution < -0.4 is 10.6 Å². The summed E-state index contributed by atoms with van der Waals surface area (Å²) in [4.78, 5) is 11.5. The molecule has 17 heavy (non-hydrogen) atoms. The van der Waals surface area contributed by atoms with Crippen molar-refractivity contribution in [3.8, 4) is 0 Å². The van der Waals surface area contributed by atoms with Crippen LogP contribution in [0.2, 0.25) is 0 Å². The summed E-state index contributed by atoms with van der Waals surface area (Å²) in [6.07, 6.45) is 0. The van der Waals surface area contributed by atoms with Crippen LogP contribution in [0.1, 0.15) is 12.5 Å². The quantitative estimate of drug-likeness (QED) is 0.694. The third kappa shape index (κ3) is 5.47. The summed E-state index contributed by atoms with van der Waals surface area (Å²) in [5.74, 6) is 0.0983. The van der Waals surface area contributed by atoms with Gasteiger partial charge in [-0.2, -0.15) is 0 Å². The number of anilines is 1. The van der Waals surface area contributed by atoms with Gasteiger partial charge in [-0.25, -0.2) is 0 Å². The second-order valence-electron chi connectivity index (χ2n) is 4.33. The SMILES string of the molecule is Cc1ccc(NC(=O)CNCC(C)CO)cc1. The minimum atomic E-state index is -0.0704. The fourth-order valence-electron chi connectivity index (χ4n) is 1.34. The van der Waals surface area contributed by atoms with E-state index in [0.29, 0.717) is 6.54 Å². The fourth-order valence-corrected chi connectivity index (χ4v) is 1.34. The topological polar surface area (TPSA) is 61.4 Å². The fraction of sp³-hybridized carbons (Fsp3) is 0.462. The normalized spacial score (nSPS) is 12.2. The highest BCUT2D eigenvalue weighted by atomic mass is 16.3. The van der Waals surface area contributed by atoms with Crippen molar-refractivity contribution in [2.75, 3.05) is 25.0 Å². The van der Waals surface area contributed by atoms with Gasteiger partial charge in [0.1, 0.15) is 0 Å². The van der Waals surface area contributed by atoms with Crippen LogP contribution in [0.4, 0.5) is 5.69 Å². The Morgan fingerprint density at radius 3 is 2.59 bits per heavy atom. The van der Waals surface area contributed by atoms with Gasteiger partial charge in [0.25, 0.3) is 0 Å². The molecule has 0 spiro atoms.